The molecule has 1 atom stereocenters. The number of hydrogen-bond acceptors (Lipinski definition) is 2. The summed E-state index contributed by atoms with van der Waals surface area (Å²) in [6.45, 7) is 0. The largest absolute Gasteiger partial charge is 0.192 e. The van der Waals surface area contributed by atoms with Gasteiger partial charge in [0.15, 0.2) is 0 Å². The number of allylic oxidation sites excluding steroid dienone is 2. The Morgan fingerprint density at radius 3 is 2.36 bits per heavy atom. The lowest BCUT2D eigenvalue weighted by Crippen LogP contribution is -2.11. The first kappa shape index (κ1) is 9.28. The quantitative estimate of drug-likeness (QED) is 0.591. The summed E-state index contributed by atoms with van der Waals surface area (Å²) in [6.07, 6.45) is 7.20. The lowest BCUT2D eigenvalue weighted by Gasteiger charge is -2.23. The minimum atomic E-state index is 0.385. The van der Waals surface area contributed by atoms with Crippen LogP contribution < -0.4 is 0 Å². The number of nitrogens with zero attached hydrogens (tertiary/aromatic N) is 2. The highest BCUT2D eigenvalue weighted by atomic mass is 14.4. The van der Waals surface area contributed by atoms with Crippen LogP contribution in [0, 0.1) is 34.5 Å². The monoisotopic (exact) mass is 186 g/mol. The van der Waals surface area contributed by atoms with Crippen LogP contribution in [0.15, 0.2) is 11.1 Å². The van der Waals surface area contributed by atoms with E-state index >= 15 is 0 Å². The predicted octanol–water partition coefficient (Wildman–Crippen LogP) is 2.93. The van der Waals surface area contributed by atoms with Gasteiger partial charge in [-0.15, -0.1) is 0 Å². The molecular weight excluding hydrogens is 172 g/mol. The Kier molecular flexibility index (Phi) is 2.55. The average molecular weight is 186 g/mol. The zero-order valence-corrected chi connectivity index (χ0v) is 8.29. The molecule has 0 heterocycles. The molecule has 2 heteroatoms. The second kappa shape index (κ2) is 3.84. The van der Waals surface area contributed by atoms with Gasteiger partial charge in [0.05, 0.1) is 0 Å². The molecule has 0 spiro atoms. The van der Waals surface area contributed by atoms with Crippen molar-refractivity contribution in [3.8, 4) is 12.1 Å². The van der Waals surface area contributed by atoms with Crippen LogP contribution in [-0.2, 0) is 0 Å². The van der Waals surface area contributed by atoms with E-state index in [9.17, 15) is 0 Å². The Balaban J connectivity index is 2.10. The highest BCUT2D eigenvalue weighted by Crippen LogP contribution is 2.45. The molecule has 72 valence electrons. The molecule has 2 saturated carbocycles. The molecule has 0 saturated heterocycles. The molecule has 0 aromatic rings. The van der Waals surface area contributed by atoms with Gasteiger partial charge in [0.2, 0.25) is 0 Å². The Bertz CT molecular complexity index is 320. The third-order valence-corrected chi connectivity index (χ3v) is 3.43. The maximum Gasteiger partial charge on any atom is 0.128 e. The molecule has 2 aliphatic carbocycles. The number of rotatable bonds is 1. The third-order valence-electron chi connectivity index (χ3n) is 3.43. The van der Waals surface area contributed by atoms with Crippen LogP contribution >= 0.6 is 0 Å². The van der Waals surface area contributed by atoms with Crippen molar-refractivity contribution in [2.24, 2.45) is 11.8 Å². The van der Waals surface area contributed by atoms with E-state index in [0.29, 0.717) is 5.57 Å². The normalized spacial score (nSPS) is 26.4. The summed E-state index contributed by atoms with van der Waals surface area (Å²) in [4.78, 5) is 0. The maximum atomic E-state index is 8.79. The average Bonchev–Trinajstić information content (AvgIpc) is 3.03. The van der Waals surface area contributed by atoms with Crippen molar-refractivity contribution in [2.45, 2.75) is 38.5 Å². The lowest BCUT2D eigenvalue weighted by molar-refractivity contribution is 0.373. The van der Waals surface area contributed by atoms with Gasteiger partial charge in [0.25, 0.3) is 0 Å². The second-order valence-electron chi connectivity index (χ2n) is 4.40. The van der Waals surface area contributed by atoms with Gasteiger partial charge in [-0.1, -0.05) is 0 Å². The minimum absolute atomic E-state index is 0.385. The fourth-order valence-corrected chi connectivity index (χ4v) is 2.48. The molecule has 2 nitrogen and oxygen atoms in total. The van der Waals surface area contributed by atoms with E-state index in [1.54, 1.807) is 0 Å². The molecule has 0 N–H and O–H groups in total. The van der Waals surface area contributed by atoms with Gasteiger partial charge < -0.3 is 0 Å². The molecule has 0 aromatic heterocycles. The molecule has 2 aliphatic rings. The molecule has 0 bridgehead atoms. The molecule has 1 unspecified atom stereocenters. The van der Waals surface area contributed by atoms with Crippen molar-refractivity contribution in [1.82, 2.24) is 0 Å². The van der Waals surface area contributed by atoms with Gasteiger partial charge in [-0.25, -0.2) is 0 Å². The van der Waals surface area contributed by atoms with Crippen LogP contribution in [0.1, 0.15) is 38.5 Å². The van der Waals surface area contributed by atoms with E-state index in [0.717, 1.165) is 30.3 Å². The SMILES string of the molecule is N#CC(C#N)=C1CCCC(C2CC2)C1. The standard InChI is InChI=1S/C12H14N2/c13-7-12(8-14)11-3-1-2-10(6-11)9-4-5-9/h9-10H,1-6H2. The van der Waals surface area contributed by atoms with Gasteiger partial charge in [-0.3, -0.25) is 0 Å². The van der Waals surface area contributed by atoms with Crippen molar-refractivity contribution in [3.63, 3.8) is 0 Å². The fraction of sp³-hybridized carbons (Fsp3) is 0.667. The fourth-order valence-electron chi connectivity index (χ4n) is 2.48. The lowest BCUT2D eigenvalue weighted by atomic mass is 9.81. The van der Waals surface area contributed by atoms with Crippen LogP contribution in [0.25, 0.3) is 0 Å². The van der Waals surface area contributed by atoms with Gasteiger partial charge in [0, 0.05) is 0 Å². The summed E-state index contributed by atoms with van der Waals surface area (Å²) >= 11 is 0. The summed E-state index contributed by atoms with van der Waals surface area (Å²) in [5, 5.41) is 17.6. The van der Waals surface area contributed by atoms with Crippen LogP contribution in [0.5, 0.6) is 0 Å². The molecule has 0 aromatic carbocycles. The van der Waals surface area contributed by atoms with E-state index in [2.05, 4.69) is 0 Å². The highest BCUT2D eigenvalue weighted by Gasteiger charge is 2.33. The number of nitriles is 2. The van der Waals surface area contributed by atoms with E-state index in [4.69, 9.17) is 10.5 Å². The van der Waals surface area contributed by atoms with Crippen molar-refractivity contribution in [3.05, 3.63) is 11.1 Å². The Morgan fingerprint density at radius 1 is 1.07 bits per heavy atom. The molecule has 0 amide bonds. The molecule has 0 aliphatic heterocycles. The summed E-state index contributed by atoms with van der Waals surface area (Å²) in [5.41, 5.74) is 1.51. The maximum absolute atomic E-state index is 8.79. The van der Waals surface area contributed by atoms with Crippen molar-refractivity contribution < 1.29 is 0 Å². The van der Waals surface area contributed by atoms with E-state index < -0.39 is 0 Å². The summed E-state index contributed by atoms with van der Waals surface area (Å²) in [6, 6.07) is 4.04. The highest BCUT2D eigenvalue weighted by molar-refractivity contribution is 5.40. The smallest absolute Gasteiger partial charge is 0.128 e. The van der Waals surface area contributed by atoms with Gasteiger partial charge in [-0.2, -0.15) is 10.5 Å². The van der Waals surface area contributed by atoms with Crippen LogP contribution in [0.3, 0.4) is 0 Å². The summed E-state index contributed by atoms with van der Waals surface area (Å²) in [7, 11) is 0. The van der Waals surface area contributed by atoms with Crippen molar-refractivity contribution in [2.75, 3.05) is 0 Å². The van der Waals surface area contributed by atoms with Gasteiger partial charge >= 0.3 is 0 Å². The van der Waals surface area contributed by atoms with Crippen LogP contribution in [-0.4, -0.2) is 0 Å². The van der Waals surface area contributed by atoms with Crippen LogP contribution in [0.2, 0.25) is 0 Å². The van der Waals surface area contributed by atoms with Crippen molar-refractivity contribution in [1.29, 1.82) is 10.5 Å². The zero-order chi connectivity index (χ0) is 9.97. The molecule has 0 radical (unpaired) electrons. The predicted molar refractivity (Wildman–Crippen MR) is 52.9 cm³/mol. The topological polar surface area (TPSA) is 47.6 Å². The number of hydrogen-bond donors (Lipinski definition) is 0. The first-order chi connectivity index (χ1) is 6.85. The van der Waals surface area contributed by atoms with E-state index in [1.807, 2.05) is 12.1 Å². The Hall–Kier alpha value is -1.28. The summed E-state index contributed by atoms with van der Waals surface area (Å²) < 4.78 is 0. The molecule has 2 fully saturated rings. The van der Waals surface area contributed by atoms with E-state index in [-0.39, 0.29) is 0 Å². The van der Waals surface area contributed by atoms with Crippen LogP contribution in [0.4, 0.5) is 0 Å². The Labute approximate surface area is 84.8 Å². The minimum Gasteiger partial charge on any atom is -0.192 e. The van der Waals surface area contributed by atoms with Crippen molar-refractivity contribution >= 4 is 0 Å². The first-order valence-corrected chi connectivity index (χ1v) is 5.37. The van der Waals surface area contributed by atoms with Gasteiger partial charge in [-0.05, 0) is 55.9 Å². The Morgan fingerprint density at radius 2 is 1.79 bits per heavy atom. The van der Waals surface area contributed by atoms with E-state index in [1.165, 1.54) is 25.7 Å². The second-order valence-corrected chi connectivity index (χ2v) is 4.40. The zero-order valence-electron chi connectivity index (χ0n) is 8.29. The third kappa shape index (κ3) is 1.80. The molecule has 2 rings (SSSR count). The van der Waals surface area contributed by atoms with Gasteiger partial charge in [0.1, 0.15) is 17.7 Å². The first-order valence-electron chi connectivity index (χ1n) is 5.37. The molecular formula is C12H14N2. The molecule has 14 heavy (non-hydrogen) atoms. The summed E-state index contributed by atoms with van der Waals surface area (Å²) in [5.74, 6) is 1.68.